The van der Waals surface area contributed by atoms with E-state index in [0.29, 0.717) is 30.9 Å². The Morgan fingerprint density at radius 1 is 1.56 bits per heavy atom. The number of hydrogen-bond acceptors (Lipinski definition) is 6. The molecule has 0 unspecified atom stereocenters. The zero-order chi connectivity index (χ0) is 18.7. The molecule has 1 amide bonds. The van der Waals surface area contributed by atoms with Crippen molar-refractivity contribution in [3.8, 4) is 0 Å². The molecule has 0 radical (unpaired) electrons. The summed E-state index contributed by atoms with van der Waals surface area (Å²) < 4.78 is 4.92. The Labute approximate surface area is 146 Å². The Bertz CT molecular complexity index is 601. The van der Waals surface area contributed by atoms with Gasteiger partial charge in [0.2, 0.25) is 5.91 Å². The number of aliphatic hydroxyl groups excluding tert-OH is 1. The molecule has 9 nitrogen and oxygen atoms in total. The van der Waals surface area contributed by atoms with Crippen LogP contribution in [0.15, 0.2) is 16.3 Å². The van der Waals surface area contributed by atoms with Crippen LogP contribution in [0.2, 0.25) is 0 Å². The zero-order valence-corrected chi connectivity index (χ0v) is 14.7. The predicted molar refractivity (Wildman–Crippen MR) is 90.9 cm³/mol. The van der Waals surface area contributed by atoms with E-state index in [1.165, 1.54) is 12.0 Å². The lowest BCUT2D eigenvalue weighted by Gasteiger charge is -2.44. The molecule has 0 spiro atoms. The molecule has 2 aliphatic rings. The molecule has 5 N–H and O–H groups in total. The number of carbonyl (C=O) groups is 2. The summed E-state index contributed by atoms with van der Waals surface area (Å²) in [6, 6.07) is -0.298. The Morgan fingerprint density at radius 3 is 2.76 bits per heavy atom. The fourth-order valence-electron chi connectivity index (χ4n) is 3.63. The minimum atomic E-state index is -1.13. The second kappa shape index (κ2) is 7.94. The van der Waals surface area contributed by atoms with Crippen LogP contribution < -0.4 is 11.1 Å². The first-order chi connectivity index (χ1) is 11.8. The summed E-state index contributed by atoms with van der Waals surface area (Å²) in [5, 5.41) is 22.4. The van der Waals surface area contributed by atoms with Gasteiger partial charge in [-0.3, -0.25) is 9.79 Å². The van der Waals surface area contributed by atoms with E-state index in [1.807, 2.05) is 0 Å². The van der Waals surface area contributed by atoms with Crippen molar-refractivity contribution in [3.63, 3.8) is 0 Å². The van der Waals surface area contributed by atoms with Crippen molar-refractivity contribution in [1.29, 1.82) is 0 Å². The fourth-order valence-corrected chi connectivity index (χ4v) is 3.63. The minimum Gasteiger partial charge on any atom is -0.477 e. The molecular weight excluding hydrogens is 328 g/mol. The number of hydrogen-bond donors (Lipinski definition) is 4. The van der Waals surface area contributed by atoms with Crippen molar-refractivity contribution in [2.24, 2.45) is 22.6 Å². The number of β-lactam (4-membered cyclic amide) rings is 1. The van der Waals surface area contributed by atoms with Crippen LogP contribution in [0.5, 0.6) is 0 Å². The Morgan fingerprint density at radius 2 is 2.24 bits per heavy atom. The highest BCUT2D eigenvalue weighted by atomic mass is 16.5. The molecule has 4 atom stereocenters. The topological polar surface area (TPSA) is 137 Å². The molecule has 9 heteroatoms. The number of aliphatic hydroxyl groups is 1. The second-order valence-electron chi connectivity index (χ2n) is 6.44. The number of nitrogens with zero attached hydrogens (tertiary/aromatic N) is 2. The van der Waals surface area contributed by atoms with Crippen LogP contribution in [-0.4, -0.2) is 78.8 Å². The lowest BCUT2D eigenvalue weighted by molar-refractivity contribution is -0.161. The van der Waals surface area contributed by atoms with Crippen LogP contribution >= 0.6 is 0 Å². The molecule has 140 valence electrons. The van der Waals surface area contributed by atoms with Gasteiger partial charge >= 0.3 is 5.97 Å². The number of aliphatic imine (C=N–C) groups is 1. The first-order valence-corrected chi connectivity index (χ1v) is 8.23. The highest BCUT2D eigenvalue weighted by Crippen LogP contribution is 2.45. The lowest BCUT2D eigenvalue weighted by Crippen LogP contribution is -2.61. The molecule has 0 aromatic heterocycles. The summed E-state index contributed by atoms with van der Waals surface area (Å²) in [6.07, 6.45) is -0.379. The predicted octanol–water partition coefficient (Wildman–Crippen LogP) is -1.22. The number of nitrogens with one attached hydrogen (secondary N) is 1. The molecular formula is C16H26N4O5. The van der Waals surface area contributed by atoms with Crippen molar-refractivity contribution < 1.29 is 24.5 Å². The van der Waals surface area contributed by atoms with Crippen LogP contribution in [0.25, 0.3) is 0 Å². The van der Waals surface area contributed by atoms with Gasteiger partial charge in [0.05, 0.1) is 18.1 Å². The van der Waals surface area contributed by atoms with Gasteiger partial charge in [-0.2, -0.15) is 0 Å². The summed E-state index contributed by atoms with van der Waals surface area (Å²) in [5.41, 5.74) is 6.43. The number of amides is 1. The third-order valence-electron chi connectivity index (χ3n) is 4.72. The molecule has 25 heavy (non-hydrogen) atoms. The molecule has 0 aromatic carbocycles. The number of fused-ring (bicyclic) bond motifs is 1. The quantitative estimate of drug-likeness (QED) is 0.231. The van der Waals surface area contributed by atoms with Crippen LogP contribution in [0, 0.1) is 11.8 Å². The van der Waals surface area contributed by atoms with Crippen LogP contribution in [0.3, 0.4) is 0 Å². The number of aliphatic carboxylic acids is 1. The summed E-state index contributed by atoms with van der Waals surface area (Å²) in [5.74, 6) is -1.90. The molecule has 0 aliphatic carbocycles. The van der Waals surface area contributed by atoms with E-state index in [0.717, 1.165) is 0 Å². The van der Waals surface area contributed by atoms with E-state index >= 15 is 0 Å². The minimum absolute atomic E-state index is 0.0210. The van der Waals surface area contributed by atoms with Crippen molar-refractivity contribution >= 4 is 17.7 Å². The van der Waals surface area contributed by atoms with Crippen LogP contribution in [-0.2, 0) is 14.3 Å². The first-order valence-electron chi connectivity index (χ1n) is 8.23. The van der Waals surface area contributed by atoms with Crippen LogP contribution in [0.4, 0.5) is 0 Å². The number of carboxylic acid groups (broad SMARTS) is 1. The summed E-state index contributed by atoms with van der Waals surface area (Å²) in [6.45, 7) is 2.56. The van der Waals surface area contributed by atoms with E-state index < -0.39 is 18.0 Å². The Hall–Kier alpha value is -1.97. The highest BCUT2D eigenvalue weighted by molar-refractivity contribution is 5.99. The standard InChI is InChI=1S/C16H26N4O5/c1-8(21)13-11-4-10(14(16(23)24)20(11)15(13)22)9(5-18-2)6-19-12(17)7-25-3/h8-9,11,13,18,21H,4-7H2,1-3H3,(H2,17,19)(H,23,24)/t8-,9-,11-,13-/m1/s1. The SMILES string of the molecule is CNC[C@H](CN=C(N)COC)C1=C(C(=O)O)N2C(=O)[C@H]([C@@H](C)O)[C@H]2C1. The van der Waals surface area contributed by atoms with Gasteiger partial charge in [-0.05, 0) is 26.0 Å². The largest absolute Gasteiger partial charge is 0.477 e. The number of rotatable bonds is 9. The molecule has 1 saturated heterocycles. The van der Waals surface area contributed by atoms with Crippen molar-refractivity contribution in [3.05, 3.63) is 11.3 Å². The van der Waals surface area contributed by atoms with E-state index in [2.05, 4.69) is 10.3 Å². The van der Waals surface area contributed by atoms with E-state index in [-0.39, 0.29) is 30.2 Å². The molecule has 0 bridgehead atoms. The van der Waals surface area contributed by atoms with Crippen molar-refractivity contribution in [1.82, 2.24) is 10.2 Å². The number of ether oxygens (including phenoxy) is 1. The van der Waals surface area contributed by atoms with Gasteiger partial charge < -0.3 is 30.9 Å². The smallest absolute Gasteiger partial charge is 0.352 e. The number of nitrogens with two attached hydrogens (primary N) is 1. The first kappa shape index (κ1) is 19.4. The summed E-state index contributed by atoms with van der Waals surface area (Å²) in [7, 11) is 3.28. The molecule has 0 saturated carbocycles. The Kier molecular flexibility index (Phi) is 6.15. The summed E-state index contributed by atoms with van der Waals surface area (Å²) in [4.78, 5) is 29.6. The third-order valence-corrected chi connectivity index (χ3v) is 4.72. The Balaban J connectivity index is 2.28. The normalized spacial score (nSPS) is 25.7. The van der Waals surface area contributed by atoms with Crippen LogP contribution in [0.1, 0.15) is 13.3 Å². The van der Waals surface area contributed by atoms with Gasteiger partial charge in [-0.15, -0.1) is 0 Å². The van der Waals surface area contributed by atoms with Gasteiger partial charge in [0, 0.05) is 26.1 Å². The van der Waals surface area contributed by atoms with E-state index in [1.54, 1.807) is 14.0 Å². The third kappa shape index (κ3) is 3.68. The van der Waals surface area contributed by atoms with E-state index in [4.69, 9.17) is 10.5 Å². The maximum absolute atomic E-state index is 12.3. The zero-order valence-electron chi connectivity index (χ0n) is 14.7. The average molecular weight is 354 g/mol. The number of amidine groups is 1. The molecule has 2 rings (SSSR count). The fraction of sp³-hybridized carbons (Fsp3) is 0.688. The van der Waals surface area contributed by atoms with E-state index in [9.17, 15) is 19.8 Å². The monoisotopic (exact) mass is 354 g/mol. The van der Waals surface area contributed by atoms with Gasteiger partial charge in [-0.25, -0.2) is 4.79 Å². The van der Waals surface area contributed by atoms with Gasteiger partial charge in [-0.1, -0.05) is 0 Å². The molecule has 1 fully saturated rings. The van der Waals surface area contributed by atoms with Gasteiger partial charge in [0.25, 0.3) is 0 Å². The number of carboxylic acids is 1. The molecule has 0 aromatic rings. The number of methoxy groups -OCH3 is 1. The molecule has 2 heterocycles. The maximum Gasteiger partial charge on any atom is 0.352 e. The highest BCUT2D eigenvalue weighted by Gasteiger charge is 2.57. The van der Waals surface area contributed by atoms with Gasteiger partial charge in [0.1, 0.15) is 18.1 Å². The van der Waals surface area contributed by atoms with Gasteiger partial charge in [0.15, 0.2) is 0 Å². The average Bonchev–Trinajstić information content (AvgIpc) is 2.86. The number of carbonyl (C=O) groups excluding carboxylic acids is 1. The summed E-state index contributed by atoms with van der Waals surface area (Å²) >= 11 is 0. The van der Waals surface area contributed by atoms with Crippen molar-refractivity contribution in [2.75, 3.05) is 33.9 Å². The lowest BCUT2D eigenvalue weighted by atomic mass is 9.82. The maximum atomic E-state index is 12.3. The molecule has 2 aliphatic heterocycles. The van der Waals surface area contributed by atoms with Crippen molar-refractivity contribution in [2.45, 2.75) is 25.5 Å². The second-order valence-corrected chi connectivity index (χ2v) is 6.44.